The lowest BCUT2D eigenvalue weighted by Gasteiger charge is -2.34. The van der Waals surface area contributed by atoms with E-state index in [9.17, 15) is 4.79 Å². The van der Waals surface area contributed by atoms with E-state index in [1.165, 1.54) is 5.56 Å². The van der Waals surface area contributed by atoms with Gasteiger partial charge in [-0.15, -0.1) is 0 Å². The van der Waals surface area contributed by atoms with Crippen molar-refractivity contribution in [1.82, 2.24) is 21.1 Å². The Morgan fingerprint density at radius 2 is 1.83 bits per heavy atom. The number of ether oxygens (including phenoxy) is 1. The van der Waals surface area contributed by atoms with Crippen LogP contribution < -0.4 is 16.0 Å². The standard InChI is InChI=1S/C21H39N5O3/c1-9-21(10-2,25-19(27)28-20(5,6)7)14-24-18(22-8)23-13-11-12-17-15(3)26-29-16(17)4/h9-14H2,1-8H3,(H,25,27)(H2,22,23,24). The van der Waals surface area contributed by atoms with Gasteiger partial charge in [-0.25, -0.2) is 4.79 Å². The van der Waals surface area contributed by atoms with E-state index in [-0.39, 0.29) is 0 Å². The smallest absolute Gasteiger partial charge is 0.408 e. The molecule has 0 bridgehead atoms. The van der Waals surface area contributed by atoms with Gasteiger partial charge in [0.2, 0.25) is 0 Å². The van der Waals surface area contributed by atoms with Gasteiger partial charge in [0.25, 0.3) is 0 Å². The van der Waals surface area contributed by atoms with Crippen molar-refractivity contribution in [2.45, 2.75) is 85.3 Å². The number of carbonyl (C=O) groups is 1. The summed E-state index contributed by atoms with van der Waals surface area (Å²) in [6.07, 6.45) is 2.99. The van der Waals surface area contributed by atoms with Gasteiger partial charge < -0.3 is 25.2 Å². The van der Waals surface area contributed by atoms with Crippen molar-refractivity contribution in [2.75, 3.05) is 20.1 Å². The van der Waals surface area contributed by atoms with Crippen LogP contribution in [0.25, 0.3) is 0 Å². The van der Waals surface area contributed by atoms with Crippen LogP contribution in [0, 0.1) is 13.8 Å². The summed E-state index contributed by atoms with van der Waals surface area (Å²) in [7, 11) is 1.74. The molecule has 1 amide bonds. The summed E-state index contributed by atoms with van der Waals surface area (Å²) in [6.45, 7) is 14.9. The fraction of sp³-hybridized carbons (Fsp3) is 0.762. The zero-order valence-corrected chi connectivity index (χ0v) is 19.4. The summed E-state index contributed by atoms with van der Waals surface area (Å²) in [6, 6.07) is 0. The van der Waals surface area contributed by atoms with Gasteiger partial charge in [0.1, 0.15) is 11.4 Å². The Labute approximate surface area is 175 Å². The Bertz CT molecular complexity index is 653. The molecule has 0 radical (unpaired) electrons. The van der Waals surface area contributed by atoms with Crippen LogP contribution in [-0.4, -0.2) is 48.5 Å². The summed E-state index contributed by atoms with van der Waals surface area (Å²) in [5.41, 5.74) is 1.20. The highest BCUT2D eigenvalue weighted by Gasteiger charge is 2.30. The molecule has 0 atom stereocenters. The number of aryl methyl sites for hydroxylation is 2. The number of carbonyl (C=O) groups excluding carboxylic acids is 1. The largest absolute Gasteiger partial charge is 0.444 e. The Hall–Kier alpha value is -2.25. The van der Waals surface area contributed by atoms with Crippen molar-refractivity contribution in [1.29, 1.82) is 0 Å². The number of nitrogens with zero attached hydrogens (tertiary/aromatic N) is 2. The first-order valence-electron chi connectivity index (χ1n) is 10.4. The summed E-state index contributed by atoms with van der Waals surface area (Å²) >= 11 is 0. The molecule has 166 valence electrons. The molecule has 0 fully saturated rings. The summed E-state index contributed by atoms with van der Waals surface area (Å²) < 4.78 is 10.6. The molecule has 0 saturated heterocycles. The number of guanidine groups is 1. The maximum absolute atomic E-state index is 12.3. The summed E-state index contributed by atoms with van der Waals surface area (Å²) in [4.78, 5) is 16.6. The molecule has 1 aromatic heterocycles. The van der Waals surface area contributed by atoms with Crippen LogP contribution in [0.3, 0.4) is 0 Å². The number of amides is 1. The van der Waals surface area contributed by atoms with Crippen LogP contribution in [0.4, 0.5) is 4.79 Å². The molecule has 0 aromatic carbocycles. The van der Waals surface area contributed by atoms with Crippen LogP contribution in [0.15, 0.2) is 9.52 Å². The molecule has 8 nitrogen and oxygen atoms in total. The maximum Gasteiger partial charge on any atom is 0.408 e. The molecule has 3 N–H and O–H groups in total. The zero-order valence-electron chi connectivity index (χ0n) is 19.4. The molecule has 1 rings (SSSR count). The molecule has 29 heavy (non-hydrogen) atoms. The summed E-state index contributed by atoms with van der Waals surface area (Å²) in [5.74, 6) is 1.59. The van der Waals surface area contributed by atoms with Crippen LogP contribution in [-0.2, 0) is 11.2 Å². The van der Waals surface area contributed by atoms with Gasteiger partial charge >= 0.3 is 6.09 Å². The van der Waals surface area contributed by atoms with Crippen molar-refractivity contribution < 1.29 is 14.1 Å². The summed E-state index contributed by atoms with van der Waals surface area (Å²) in [5, 5.41) is 13.7. The van der Waals surface area contributed by atoms with Crippen LogP contribution in [0.5, 0.6) is 0 Å². The van der Waals surface area contributed by atoms with Crippen molar-refractivity contribution in [3.8, 4) is 0 Å². The number of hydrogen-bond donors (Lipinski definition) is 3. The molecular weight excluding hydrogens is 370 g/mol. The maximum atomic E-state index is 12.3. The Morgan fingerprint density at radius 1 is 1.17 bits per heavy atom. The van der Waals surface area contributed by atoms with Crippen molar-refractivity contribution >= 4 is 12.1 Å². The third kappa shape index (κ3) is 8.33. The number of alkyl carbamates (subject to hydrolysis) is 1. The first-order valence-corrected chi connectivity index (χ1v) is 10.4. The second kappa shape index (κ2) is 11.1. The number of hydrogen-bond acceptors (Lipinski definition) is 5. The quantitative estimate of drug-likeness (QED) is 0.328. The van der Waals surface area contributed by atoms with Gasteiger partial charge in [-0.05, 0) is 60.3 Å². The molecule has 0 aliphatic carbocycles. The van der Waals surface area contributed by atoms with E-state index in [0.717, 1.165) is 43.7 Å². The highest BCUT2D eigenvalue weighted by atomic mass is 16.6. The van der Waals surface area contributed by atoms with Crippen molar-refractivity contribution in [3.63, 3.8) is 0 Å². The van der Waals surface area contributed by atoms with E-state index in [1.807, 2.05) is 34.6 Å². The van der Waals surface area contributed by atoms with Crippen molar-refractivity contribution in [2.24, 2.45) is 4.99 Å². The number of aromatic nitrogens is 1. The second-order valence-corrected chi connectivity index (χ2v) is 8.37. The number of aliphatic imine (C=N–C) groups is 1. The third-order valence-electron chi connectivity index (χ3n) is 5.01. The monoisotopic (exact) mass is 409 g/mol. The van der Waals surface area contributed by atoms with E-state index in [1.54, 1.807) is 7.05 Å². The van der Waals surface area contributed by atoms with Gasteiger partial charge in [0, 0.05) is 25.7 Å². The minimum absolute atomic E-state index is 0.398. The Balaban J connectivity index is 2.53. The Morgan fingerprint density at radius 3 is 2.31 bits per heavy atom. The average Bonchev–Trinajstić information content (AvgIpc) is 2.96. The second-order valence-electron chi connectivity index (χ2n) is 8.37. The van der Waals surface area contributed by atoms with E-state index >= 15 is 0 Å². The van der Waals surface area contributed by atoms with E-state index in [0.29, 0.717) is 12.5 Å². The molecule has 8 heteroatoms. The lowest BCUT2D eigenvalue weighted by Crippen LogP contribution is -2.57. The normalized spacial score (nSPS) is 12.6. The van der Waals surface area contributed by atoms with Crippen LogP contribution in [0.2, 0.25) is 0 Å². The van der Waals surface area contributed by atoms with Gasteiger partial charge in [-0.1, -0.05) is 19.0 Å². The lowest BCUT2D eigenvalue weighted by molar-refractivity contribution is 0.0448. The molecule has 0 unspecified atom stereocenters. The predicted molar refractivity (Wildman–Crippen MR) is 116 cm³/mol. The average molecular weight is 410 g/mol. The Kier molecular flexibility index (Phi) is 9.46. The SMILES string of the molecule is CCC(CC)(CNC(=NC)NCCCc1c(C)noc1C)NC(=O)OC(C)(C)C. The van der Waals surface area contributed by atoms with Crippen LogP contribution >= 0.6 is 0 Å². The predicted octanol–water partition coefficient (Wildman–Crippen LogP) is 3.47. The molecule has 1 aromatic rings. The molecule has 1 heterocycles. The van der Waals surface area contributed by atoms with Gasteiger partial charge in [-0.2, -0.15) is 0 Å². The number of rotatable bonds is 9. The lowest BCUT2D eigenvalue weighted by atomic mass is 9.93. The molecule has 0 spiro atoms. The van der Waals surface area contributed by atoms with E-state index < -0.39 is 17.2 Å². The van der Waals surface area contributed by atoms with Gasteiger partial charge in [-0.3, -0.25) is 4.99 Å². The van der Waals surface area contributed by atoms with E-state index in [2.05, 4.69) is 39.9 Å². The topological polar surface area (TPSA) is 101 Å². The van der Waals surface area contributed by atoms with Crippen LogP contribution in [0.1, 0.15) is 70.9 Å². The van der Waals surface area contributed by atoms with Gasteiger partial charge in [0.05, 0.1) is 11.2 Å². The molecule has 0 aliphatic heterocycles. The zero-order chi connectivity index (χ0) is 22.1. The first-order chi connectivity index (χ1) is 13.6. The minimum Gasteiger partial charge on any atom is -0.444 e. The van der Waals surface area contributed by atoms with E-state index in [4.69, 9.17) is 9.26 Å². The third-order valence-corrected chi connectivity index (χ3v) is 5.01. The van der Waals surface area contributed by atoms with Crippen molar-refractivity contribution in [3.05, 3.63) is 17.0 Å². The molecule has 0 aliphatic rings. The number of nitrogens with one attached hydrogen (secondary N) is 3. The minimum atomic E-state index is -0.524. The fourth-order valence-electron chi connectivity index (χ4n) is 3.05. The first kappa shape index (κ1) is 24.8. The highest BCUT2D eigenvalue weighted by Crippen LogP contribution is 2.16. The van der Waals surface area contributed by atoms with Gasteiger partial charge in [0.15, 0.2) is 5.96 Å². The molecular formula is C21H39N5O3. The molecule has 0 saturated carbocycles. The fourth-order valence-corrected chi connectivity index (χ4v) is 3.05. The highest BCUT2D eigenvalue weighted by molar-refractivity contribution is 5.79.